The van der Waals surface area contributed by atoms with Gasteiger partial charge in [0.1, 0.15) is 18.3 Å². The lowest BCUT2D eigenvalue weighted by molar-refractivity contribution is -0.135. The lowest BCUT2D eigenvalue weighted by Crippen LogP contribution is -2.46. The summed E-state index contributed by atoms with van der Waals surface area (Å²) in [7, 11) is 0. The normalized spacial score (nSPS) is 16.6. The third-order valence-electron chi connectivity index (χ3n) is 2.35. The third kappa shape index (κ3) is 3.21. The van der Waals surface area contributed by atoms with Crippen molar-refractivity contribution in [3.05, 3.63) is 35.9 Å². The molecule has 0 saturated carbocycles. The van der Waals surface area contributed by atoms with Crippen LogP contribution >= 0.6 is 0 Å². The summed E-state index contributed by atoms with van der Waals surface area (Å²) in [5.41, 5.74) is -0.211. The highest BCUT2D eigenvalue weighted by Crippen LogP contribution is 2.07. The van der Waals surface area contributed by atoms with Crippen LogP contribution in [0.25, 0.3) is 0 Å². The van der Waals surface area contributed by atoms with Crippen LogP contribution in [0, 0.1) is 0 Å². The lowest BCUT2D eigenvalue weighted by atomic mass is 9.98. The first kappa shape index (κ1) is 12.8. The zero-order valence-electron chi connectivity index (χ0n) is 10.4. The van der Waals surface area contributed by atoms with Gasteiger partial charge in [-0.05, 0) is 0 Å². The van der Waals surface area contributed by atoms with Crippen LogP contribution in [0.1, 0.15) is 11.7 Å². The van der Waals surface area contributed by atoms with E-state index in [0.29, 0.717) is 0 Å². The first-order valence-corrected chi connectivity index (χ1v) is 5.19. The molecule has 0 aliphatic carbocycles. The van der Waals surface area contributed by atoms with E-state index in [2.05, 4.69) is 0 Å². The zero-order valence-corrected chi connectivity index (χ0v) is 9.35. The van der Waals surface area contributed by atoms with Crippen LogP contribution in [0.3, 0.4) is 0 Å². The summed E-state index contributed by atoms with van der Waals surface area (Å²) in [6, 6.07) is 5.30. The predicted molar refractivity (Wildman–Crippen MR) is 60.9 cm³/mol. The van der Waals surface area contributed by atoms with Crippen molar-refractivity contribution in [3.8, 4) is 0 Å². The quantitative estimate of drug-likeness (QED) is 0.364. The van der Waals surface area contributed by atoms with Gasteiger partial charge in [-0.25, -0.2) is 0 Å². The van der Waals surface area contributed by atoms with E-state index < -0.39 is 36.5 Å². The summed E-state index contributed by atoms with van der Waals surface area (Å²) in [5, 5.41) is 36.5. The van der Waals surface area contributed by atoms with Gasteiger partial charge in [0.25, 0.3) is 0 Å². The van der Waals surface area contributed by atoms with E-state index in [1.54, 1.807) is 0 Å². The van der Waals surface area contributed by atoms with Crippen molar-refractivity contribution in [1.29, 1.82) is 0 Å². The minimum atomic E-state index is -2.16. The number of hydrogen-bond acceptors (Lipinski definition) is 6. The van der Waals surface area contributed by atoms with Crippen molar-refractivity contribution >= 4 is 11.6 Å². The van der Waals surface area contributed by atoms with Crippen molar-refractivity contribution in [1.82, 2.24) is 0 Å². The minimum absolute atomic E-state index is 0.190. The van der Waals surface area contributed by atoms with Crippen molar-refractivity contribution in [3.63, 3.8) is 0 Å². The molecule has 4 N–H and O–H groups in total. The molecular formula is C12H14O6. The molecule has 18 heavy (non-hydrogen) atoms. The van der Waals surface area contributed by atoms with Gasteiger partial charge in [-0.3, -0.25) is 9.59 Å². The zero-order chi connectivity index (χ0) is 14.6. The molecule has 0 fully saturated rings. The van der Waals surface area contributed by atoms with Crippen molar-refractivity contribution < 1.29 is 31.4 Å². The molecule has 0 saturated heterocycles. The Labute approximate surface area is 105 Å². The fourth-order valence-corrected chi connectivity index (χ4v) is 1.28. The number of carbonyl (C=O) groups is 2. The summed E-state index contributed by atoms with van der Waals surface area (Å²) >= 11 is 0. The van der Waals surface area contributed by atoms with Crippen LogP contribution in [-0.2, 0) is 4.79 Å². The number of Topliss-reactive ketones (excluding diaryl/α,β-unsaturated/α-hetero) is 2. The average Bonchev–Trinajstić information content (AvgIpc) is 2.43. The van der Waals surface area contributed by atoms with Crippen LogP contribution < -0.4 is 0 Å². The smallest absolute Gasteiger partial charge is 0.234 e. The number of rotatable bonds is 6. The van der Waals surface area contributed by atoms with Crippen molar-refractivity contribution in [2.24, 2.45) is 0 Å². The van der Waals surface area contributed by atoms with E-state index in [-0.39, 0.29) is 11.6 Å². The number of hydrogen-bond donors (Lipinski definition) is 4. The predicted octanol–water partition coefficient (Wildman–Crippen LogP) is -1.49. The minimum Gasteiger partial charge on any atom is -0.394 e. The molecule has 0 heterocycles. The van der Waals surface area contributed by atoms with Crippen molar-refractivity contribution in [2.45, 2.75) is 18.3 Å². The Morgan fingerprint density at radius 2 is 1.89 bits per heavy atom. The molecule has 0 radical (unpaired) electrons. The van der Waals surface area contributed by atoms with E-state index >= 15 is 0 Å². The molecule has 0 bridgehead atoms. The summed E-state index contributed by atoms with van der Waals surface area (Å²) in [6.07, 6.45) is -5.87. The molecule has 6 nitrogen and oxygen atoms in total. The first-order chi connectivity index (χ1) is 8.90. The molecular weight excluding hydrogens is 240 g/mol. The monoisotopic (exact) mass is 255 g/mol. The molecule has 1 rings (SSSR count). The molecule has 0 unspecified atom stereocenters. The van der Waals surface area contributed by atoms with Crippen LogP contribution in [0.5, 0.6) is 0 Å². The Balaban J connectivity index is 2.89. The van der Waals surface area contributed by atoms with Gasteiger partial charge in [0, 0.05) is 5.56 Å². The Hall–Kier alpha value is -1.60. The SMILES string of the molecule is [2H]c1ccccc1C(=O)C(=O)[C@H](O)[C@H](O)[C@H](O)CO. The van der Waals surface area contributed by atoms with Gasteiger partial charge < -0.3 is 20.4 Å². The van der Waals surface area contributed by atoms with E-state index in [9.17, 15) is 19.8 Å². The highest BCUT2D eigenvalue weighted by Gasteiger charge is 2.33. The van der Waals surface area contributed by atoms with Gasteiger partial charge in [-0.2, -0.15) is 0 Å². The summed E-state index contributed by atoms with van der Waals surface area (Å²) in [5.74, 6) is -2.48. The topological polar surface area (TPSA) is 115 Å². The molecule has 0 aliphatic rings. The van der Waals surface area contributed by atoms with E-state index in [1.807, 2.05) is 0 Å². The molecule has 0 aromatic heterocycles. The van der Waals surface area contributed by atoms with Gasteiger partial charge in [-0.1, -0.05) is 30.3 Å². The van der Waals surface area contributed by atoms with E-state index in [4.69, 9.17) is 11.6 Å². The number of carbonyl (C=O) groups excluding carboxylic acids is 2. The van der Waals surface area contributed by atoms with Crippen LogP contribution in [-0.4, -0.2) is 56.9 Å². The number of benzene rings is 1. The van der Waals surface area contributed by atoms with Gasteiger partial charge in [0.2, 0.25) is 11.6 Å². The molecule has 1 aromatic carbocycles. The van der Waals surface area contributed by atoms with Gasteiger partial charge >= 0.3 is 0 Å². The maximum atomic E-state index is 11.7. The molecule has 0 spiro atoms. The second kappa shape index (κ2) is 6.36. The number of aliphatic hydroxyl groups excluding tert-OH is 4. The molecule has 98 valence electrons. The highest BCUT2D eigenvalue weighted by atomic mass is 16.4. The van der Waals surface area contributed by atoms with Gasteiger partial charge in [-0.15, -0.1) is 0 Å². The fourth-order valence-electron chi connectivity index (χ4n) is 1.28. The molecule has 3 atom stereocenters. The van der Waals surface area contributed by atoms with Gasteiger partial charge in [0.15, 0.2) is 0 Å². The molecule has 1 aromatic rings. The van der Waals surface area contributed by atoms with Crippen LogP contribution in [0.15, 0.2) is 30.3 Å². The van der Waals surface area contributed by atoms with Crippen LogP contribution in [0.2, 0.25) is 0 Å². The number of ketones is 2. The summed E-state index contributed by atoms with van der Waals surface area (Å²) in [6.45, 7) is -0.866. The third-order valence-corrected chi connectivity index (χ3v) is 2.35. The largest absolute Gasteiger partial charge is 0.394 e. The van der Waals surface area contributed by atoms with E-state index in [0.717, 1.165) is 0 Å². The second-order valence-corrected chi connectivity index (χ2v) is 3.65. The maximum absolute atomic E-state index is 11.7. The van der Waals surface area contributed by atoms with Crippen molar-refractivity contribution in [2.75, 3.05) is 6.61 Å². The lowest BCUT2D eigenvalue weighted by Gasteiger charge is -2.19. The first-order valence-electron chi connectivity index (χ1n) is 5.69. The molecule has 6 heteroatoms. The number of aliphatic hydroxyl groups is 4. The van der Waals surface area contributed by atoms with Crippen LogP contribution in [0.4, 0.5) is 0 Å². The van der Waals surface area contributed by atoms with Gasteiger partial charge in [0.05, 0.1) is 7.98 Å². The Bertz CT molecular complexity index is 475. The summed E-state index contributed by atoms with van der Waals surface area (Å²) < 4.78 is 7.46. The second-order valence-electron chi connectivity index (χ2n) is 3.65. The molecule has 0 aliphatic heterocycles. The average molecular weight is 255 g/mol. The maximum Gasteiger partial charge on any atom is 0.234 e. The Kier molecular flexibility index (Phi) is 4.54. The fraction of sp³-hybridized carbons (Fsp3) is 0.333. The van der Waals surface area contributed by atoms with E-state index in [1.165, 1.54) is 24.3 Å². The summed E-state index contributed by atoms with van der Waals surface area (Å²) in [4.78, 5) is 23.4. The standard InChI is InChI=1S/C12H14O6/c13-6-8(14)10(16)12(18)11(17)9(15)7-4-2-1-3-5-7/h1-5,8,10,12-14,16,18H,6H2/t8-,10-,12-/m1/s1/i4D. The molecule has 0 amide bonds. The highest BCUT2D eigenvalue weighted by molar-refractivity contribution is 6.45. The Morgan fingerprint density at radius 1 is 1.22 bits per heavy atom. The Morgan fingerprint density at radius 3 is 2.44 bits per heavy atom.